The van der Waals surface area contributed by atoms with Crippen LogP contribution in [0.5, 0.6) is 0 Å². The van der Waals surface area contributed by atoms with E-state index in [1.54, 1.807) is 0 Å². The van der Waals surface area contributed by atoms with E-state index in [9.17, 15) is 25.2 Å². The normalized spacial score (nSPS) is 30.7. The molecule has 166 valence electrons. The summed E-state index contributed by atoms with van der Waals surface area (Å²) >= 11 is 5.63. The molecular formula is C18H35ClN2O7. The van der Waals surface area contributed by atoms with E-state index in [0.717, 1.165) is 4.90 Å². The second kappa shape index (κ2) is 11.5. The number of rotatable bonds is 10. The highest BCUT2D eigenvalue weighted by Gasteiger charge is 2.60. The number of hydrogen-bond donors (Lipinski definition) is 5. The Hall–Kier alpha value is -0.680. The summed E-state index contributed by atoms with van der Waals surface area (Å²) in [4.78, 5) is 13.7. The van der Waals surface area contributed by atoms with Crippen LogP contribution in [0.25, 0.3) is 0 Å². The van der Waals surface area contributed by atoms with Crippen LogP contribution in [0.4, 0.5) is 4.79 Å². The summed E-state index contributed by atoms with van der Waals surface area (Å²) in [5, 5.41) is 45.0. The third-order valence-corrected chi connectivity index (χ3v) is 4.73. The number of amides is 2. The predicted octanol–water partition coefficient (Wildman–Crippen LogP) is 0.0831. The molecule has 10 heteroatoms. The summed E-state index contributed by atoms with van der Waals surface area (Å²) in [6, 6.07) is -0.692. The first-order chi connectivity index (χ1) is 13.1. The highest BCUT2D eigenvalue weighted by Crippen LogP contribution is 2.34. The number of carbonyl (C=O) groups excluding carboxylic acids is 1. The third kappa shape index (κ3) is 6.16. The van der Waals surface area contributed by atoms with Crippen LogP contribution in [0.3, 0.4) is 0 Å². The van der Waals surface area contributed by atoms with Crippen LogP contribution in [0.15, 0.2) is 0 Å². The third-order valence-electron chi connectivity index (χ3n) is 4.54. The first-order valence-corrected chi connectivity index (χ1v) is 10.2. The summed E-state index contributed by atoms with van der Waals surface area (Å²) in [5.74, 6) is 0.477. The molecule has 1 rings (SSSR count). The maximum absolute atomic E-state index is 12.7. The molecule has 0 aromatic carbocycles. The molecule has 0 bridgehead atoms. The van der Waals surface area contributed by atoms with Crippen molar-refractivity contribution in [2.24, 2.45) is 11.8 Å². The number of nitrogens with zero attached hydrogens (tertiary/aromatic N) is 1. The van der Waals surface area contributed by atoms with Gasteiger partial charge < -0.3 is 35.2 Å². The molecule has 0 saturated carbocycles. The summed E-state index contributed by atoms with van der Waals surface area (Å²) in [6.45, 7) is 7.49. The lowest BCUT2D eigenvalue weighted by molar-refractivity contribution is -0.359. The van der Waals surface area contributed by atoms with E-state index >= 15 is 0 Å². The fraction of sp³-hybridized carbons (Fsp3) is 0.944. The number of ether oxygens (including phenoxy) is 2. The van der Waals surface area contributed by atoms with Crippen molar-refractivity contribution in [1.82, 2.24) is 10.2 Å². The molecule has 0 aromatic rings. The van der Waals surface area contributed by atoms with Gasteiger partial charge in [0.1, 0.15) is 12.2 Å². The molecule has 0 aliphatic carbocycles. The molecule has 28 heavy (non-hydrogen) atoms. The number of urea groups is 1. The molecular weight excluding hydrogens is 392 g/mol. The van der Waals surface area contributed by atoms with Gasteiger partial charge in [0.25, 0.3) is 0 Å². The number of hydrogen-bond acceptors (Lipinski definition) is 7. The maximum atomic E-state index is 12.7. The molecule has 9 nitrogen and oxygen atoms in total. The number of carbonyl (C=O) groups is 1. The number of alkyl halides is 1. The van der Waals surface area contributed by atoms with Crippen molar-refractivity contribution in [2.45, 2.75) is 64.4 Å². The largest absolute Gasteiger partial charge is 0.394 e. The lowest BCUT2D eigenvalue weighted by Gasteiger charge is -2.52. The fourth-order valence-electron chi connectivity index (χ4n) is 2.93. The van der Waals surface area contributed by atoms with Crippen LogP contribution >= 0.6 is 11.6 Å². The summed E-state index contributed by atoms with van der Waals surface area (Å²) in [5.41, 5.74) is -2.42. The Morgan fingerprint density at radius 2 is 1.89 bits per heavy atom. The Morgan fingerprint density at radius 1 is 1.25 bits per heavy atom. The lowest BCUT2D eigenvalue weighted by atomic mass is 9.89. The van der Waals surface area contributed by atoms with Gasteiger partial charge in [0.2, 0.25) is 5.72 Å². The summed E-state index contributed by atoms with van der Waals surface area (Å²) in [7, 11) is 0. The van der Waals surface area contributed by atoms with Gasteiger partial charge in [0, 0.05) is 19.0 Å². The zero-order chi connectivity index (χ0) is 21.5. The number of aliphatic hydroxyl groups excluding tert-OH is 3. The van der Waals surface area contributed by atoms with Crippen molar-refractivity contribution in [3.05, 3.63) is 0 Å². The van der Waals surface area contributed by atoms with Crippen LogP contribution in [0.1, 0.15) is 34.1 Å². The van der Waals surface area contributed by atoms with E-state index in [0.29, 0.717) is 6.42 Å². The van der Waals surface area contributed by atoms with Crippen LogP contribution in [-0.4, -0.2) is 93.9 Å². The van der Waals surface area contributed by atoms with Crippen molar-refractivity contribution in [3.8, 4) is 0 Å². The molecule has 2 amide bonds. The monoisotopic (exact) mass is 426 g/mol. The van der Waals surface area contributed by atoms with Gasteiger partial charge in [-0.05, 0) is 18.3 Å². The van der Waals surface area contributed by atoms with Crippen molar-refractivity contribution in [2.75, 3.05) is 32.2 Å². The molecule has 5 N–H and O–H groups in total. The average Bonchev–Trinajstić information content (AvgIpc) is 2.64. The Kier molecular flexibility index (Phi) is 10.4. The fourth-order valence-corrected chi connectivity index (χ4v) is 3.02. The molecule has 0 aromatic heterocycles. The van der Waals surface area contributed by atoms with Crippen molar-refractivity contribution < 1.29 is 34.7 Å². The van der Waals surface area contributed by atoms with Crippen LogP contribution in [-0.2, 0) is 9.47 Å². The highest BCUT2D eigenvalue weighted by atomic mass is 35.5. The van der Waals surface area contributed by atoms with E-state index < -0.39 is 43.0 Å². The minimum atomic E-state index is -2.42. The van der Waals surface area contributed by atoms with Gasteiger partial charge in [-0.1, -0.05) is 27.7 Å². The van der Waals surface area contributed by atoms with E-state index in [-0.39, 0.29) is 37.4 Å². The average molecular weight is 427 g/mol. The zero-order valence-electron chi connectivity index (χ0n) is 17.0. The van der Waals surface area contributed by atoms with Crippen LogP contribution in [0.2, 0.25) is 0 Å². The van der Waals surface area contributed by atoms with Gasteiger partial charge in [0.05, 0.1) is 13.2 Å². The molecule has 1 aliphatic rings. The van der Waals surface area contributed by atoms with E-state index in [4.69, 9.17) is 21.1 Å². The number of nitrogens with one attached hydrogen (secondary N) is 1. The van der Waals surface area contributed by atoms with Gasteiger partial charge >= 0.3 is 6.03 Å². The summed E-state index contributed by atoms with van der Waals surface area (Å²) < 4.78 is 11.0. The zero-order valence-corrected chi connectivity index (χ0v) is 17.8. The second-order valence-electron chi connectivity index (χ2n) is 7.88. The number of aliphatic hydroxyl groups is 4. The van der Waals surface area contributed by atoms with Gasteiger partial charge in [0.15, 0.2) is 12.4 Å². The minimum absolute atomic E-state index is 0.0610. The topological polar surface area (TPSA) is 132 Å². The standard InChI is InChI=1S/C18H35ClN2O7/c1-11(2)5-8-21(17(25)20-7-6-19)18(26)14(23)13(9-22)28-16(15(18)24)27-10-12(3)4/h11-16,22-24,26H,5-10H2,1-4H3,(H,20,25)/t13-,14-,15+,16+,18-/m1/s1. The maximum Gasteiger partial charge on any atom is 0.319 e. The van der Waals surface area contributed by atoms with Crippen molar-refractivity contribution in [1.29, 1.82) is 0 Å². The van der Waals surface area contributed by atoms with E-state index in [1.807, 2.05) is 27.7 Å². The number of halogens is 1. The van der Waals surface area contributed by atoms with Crippen molar-refractivity contribution in [3.63, 3.8) is 0 Å². The summed E-state index contributed by atoms with van der Waals surface area (Å²) in [6.07, 6.45) is -5.56. The van der Waals surface area contributed by atoms with Crippen LogP contribution < -0.4 is 5.32 Å². The van der Waals surface area contributed by atoms with Gasteiger partial charge in [-0.25, -0.2) is 4.79 Å². The Labute approximate surface area is 171 Å². The van der Waals surface area contributed by atoms with Gasteiger partial charge in [-0.2, -0.15) is 0 Å². The van der Waals surface area contributed by atoms with Crippen molar-refractivity contribution >= 4 is 17.6 Å². The smallest absolute Gasteiger partial charge is 0.319 e. The van der Waals surface area contributed by atoms with Gasteiger partial charge in [-0.3, -0.25) is 4.90 Å². The van der Waals surface area contributed by atoms with Crippen LogP contribution in [0, 0.1) is 11.8 Å². The molecule has 0 spiro atoms. The Bertz CT molecular complexity index is 483. The SMILES string of the molecule is CC(C)CCN(C(=O)NCCCl)[C@@]1(O)[C@H](O)[C@@H](CO)O[C@H](OCC(C)C)[C@@H]1O. The lowest BCUT2D eigenvalue weighted by Crippen LogP contribution is -2.76. The highest BCUT2D eigenvalue weighted by molar-refractivity contribution is 6.18. The predicted molar refractivity (Wildman–Crippen MR) is 104 cm³/mol. The Morgan fingerprint density at radius 3 is 2.39 bits per heavy atom. The second-order valence-corrected chi connectivity index (χ2v) is 8.26. The van der Waals surface area contributed by atoms with E-state index in [2.05, 4.69) is 5.32 Å². The van der Waals surface area contributed by atoms with Gasteiger partial charge in [-0.15, -0.1) is 11.6 Å². The Balaban J connectivity index is 3.22. The minimum Gasteiger partial charge on any atom is -0.394 e. The van der Waals surface area contributed by atoms with E-state index in [1.165, 1.54) is 0 Å². The molecule has 1 aliphatic heterocycles. The quantitative estimate of drug-likeness (QED) is 0.247. The first kappa shape index (κ1) is 25.4. The molecule has 0 unspecified atom stereocenters. The molecule has 1 fully saturated rings. The molecule has 1 saturated heterocycles. The molecule has 1 heterocycles. The molecule has 0 radical (unpaired) electrons. The molecule has 5 atom stereocenters. The first-order valence-electron chi connectivity index (χ1n) is 9.67.